The van der Waals surface area contributed by atoms with E-state index in [1.165, 1.54) is 6.07 Å². The van der Waals surface area contributed by atoms with Crippen molar-refractivity contribution in [2.24, 2.45) is 0 Å². The Morgan fingerprint density at radius 2 is 2.09 bits per heavy atom. The van der Waals surface area contributed by atoms with Crippen molar-refractivity contribution in [3.63, 3.8) is 0 Å². The number of carbonyl (C=O) groups is 3. The standard InChI is InChI=1S/C16H12BrNO5/c1-8-10-6-9(2-3-11(10)18-15(8)20)12(19)7-22-16(21)13-4-5-14(17)23-13/h2-6,8H,7H2,1H3,(H,18,20)/t8-/m0/s1. The lowest BCUT2D eigenvalue weighted by Crippen LogP contribution is -2.14. The number of esters is 1. The Morgan fingerprint density at radius 3 is 2.78 bits per heavy atom. The fourth-order valence-corrected chi connectivity index (χ4v) is 2.61. The van der Waals surface area contributed by atoms with E-state index in [1.54, 1.807) is 31.2 Å². The average molecular weight is 378 g/mol. The van der Waals surface area contributed by atoms with Crippen molar-refractivity contribution in [1.82, 2.24) is 0 Å². The van der Waals surface area contributed by atoms with E-state index in [2.05, 4.69) is 21.2 Å². The third-order valence-electron chi connectivity index (χ3n) is 3.60. The first-order chi connectivity index (χ1) is 11.0. The highest BCUT2D eigenvalue weighted by Gasteiger charge is 2.27. The zero-order chi connectivity index (χ0) is 16.6. The molecule has 1 aliphatic rings. The zero-order valence-corrected chi connectivity index (χ0v) is 13.7. The van der Waals surface area contributed by atoms with Gasteiger partial charge in [-0.1, -0.05) is 0 Å². The first kappa shape index (κ1) is 15.5. The molecule has 1 aliphatic heterocycles. The molecule has 1 atom stereocenters. The Labute approximate surface area is 139 Å². The molecule has 0 radical (unpaired) electrons. The number of anilines is 1. The van der Waals surface area contributed by atoms with E-state index in [-0.39, 0.29) is 23.4 Å². The molecule has 0 aliphatic carbocycles. The first-order valence-electron chi connectivity index (χ1n) is 6.86. The van der Waals surface area contributed by atoms with Gasteiger partial charge >= 0.3 is 5.97 Å². The molecule has 2 aromatic rings. The van der Waals surface area contributed by atoms with E-state index < -0.39 is 12.6 Å². The highest BCUT2D eigenvalue weighted by atomic mass is 79.9. The number of hydrogen-bond acceptors (Lipinski definition) is 5. The normalized spacial score (nSPS) is 15.9. The number of benzene rings is 1. The fraction of sp³-hybridized carbons (Fsp3) is 0.188. The van der Waals surface area contributed by atoms with Gasteiger partial charge in [0.2, 0.25) is 11.7 Å². The molecular weight excluding hydrogens is 366 g/mol. The maximum absolute atomic E-state index is 12.2. The molecule has 0 unspecified atom stereocenters. The van der Waals surface area contributed by atoms with Crippen molar-refractivity contribution in [1.29, 1.82) is 0 Å². The lowest BCUT2D eigenvalue weighted by molar-refractivity contribution is -0.116. The van der Waals surface area contributed by atoms with Crippen LogP contribution in [0.3, 0.4) is 0 Å². The summed E-state index contributed by atoms with van der Waals surface area (Å²) in [4.78, 5) is 35.5. The maximum atomic E-state index is 12.2. The number of fused-ring (bicyclic) bond motifs is 1. The summed E-state index contributed by atoms with van der Waals surface area (Å²) >= 11 is 3.08. The molecule has 0 saturated heterocycles. The first-order valence-corrected chi connectivity index (χ1v) is 7.65. The Kier molecular flexibility index (Phi) is 4.04. The third kappa shape index (κ3) is 3.05. The fourth-order valence-electron chi connectivity index (χ4n) is 2.30. The molecular formula is C16H12BrNO5. The van der Waals surface area contributed by atoms with Gasteiger partial charge < -0.3 is 14.5 Å². The van der Waals surface area contributed by atoms with Crippen LogP contribution in [0, 0.1) is 0 Å². The topological polar surface area (TPSA) is 85.6 Å². The molecule has 0 bridgehead atoms. The molecule has 1 aromatic carbocycles. The number of amides is 1. The number of hydrogen-bond donors (Lipinski definition) is 1. The zero-order valence-electron chi connectivity index (χ0n) is 12.1. The summed E-state index contributed by atoms with van der Waals surface area (Å²) in [5.74, 6) is -1.45. The maximum Gasteiger partial charge on any atom is 0.374 e. The predicted octanol–water partition coefficient (Wildman–Crippen LogP) is 3.14. The van der Waals surface area contributed by atoms with Gasteiger partial charge in [0.25, 0.3) is 0 Å². The van der Waals surface area contributed by atoms with E-state index in [4.69, 9.17) is 9.15 Å². The third-order valence-corrected chi connectivity index (χ3v) is 4.03. The minimum absolute atomic E-state index is 0.0158. The van der Waals surface area contributed by atoms with Crippen LogP contribution in [-0.2, 0) is 9.53 Å². The second-order valence-corrected chi connectivity index (χ2v) is 5.90. The summed E-state index contributed by atoms with van der Waals surface area (Å²) in [6, 6.07) is 7.93. The van der Waals surface area contributed by atoms with Crippen molar-refractivity contribution in [2.45, 2.75) is 12.8 Å². The van der Waals surface area contributed by atoms with Crippen LogP contribution in [0.25, 0.3) is 0 Å². The van der Waals surface area contributed by atoms with Gasteiger partial charge in [-0.25, -0.2) is 4.79 Å². The Bertz CT molecular complexity index is 811. The van der Waals surface area contributed by atoms with Crippen LogP contribution in [0.5, 0.6) is 0 Å². The van der Waals surface area contributed by atoms with Crippen molar-refractivity contribution in [3.8, 4) is 0 Å². The highest BCUT2D eigenvalue weighted by molar-refractivity contribution is 9.10. The number of furan rings is 1. The van der Waals surface area contributed by atoms with Crippen LogP contribution >= 0.6 is 15.9 Å². The largest absolute Gasteiger partial charge is 0.451 e. The van der Waals surface area contributed by atoms with Gasteiger partial charge in [-0.3, -0.25) is 9.59 Å². The summed E-state index contributed by atoms with van der Waals surface area (Å²) in [5.41, 5.74) is 1.86. The van der Waals surface area contributed by atoms with E-state index in [0.29, 0.717) is 15.9 Å². The van der Waals surface area contributed by atoms with Crippen LogP contribution < -0.4 is 5.32 Å². The predicted molar refractivity (Wildman–Crippen MR) is 84.5 cm³/mol. The second kappa shape index (κ2) is 6.00. The lowest BCUT2D eigenvalue weighted by atomic mass is 9.99. The van der Waals surface area contributed by atoms with Crippen molar-refractivity contribution >= 4 is 39.3 Å². The monoisotopic (exact) mass is 377 g/mol. The molecule has 23 heavy (non-hydrogen) atoms. The van der Waals surface area contributed by atoms with Crippen LogP contribution in [0.15, 0.2) is 39.4 Å². The van der Waals surface area contributed by atoms with E-state index in [1.807, 2.05) is 0 Å². The molecule has 1 amide bonds. The average Bonchev–Trinajstić information content (AvgIpc) is 3.09. The van der Waals surface area contributed by atoms with Gasteiger partial charge in [-0.15, -0.1) is 0 Å². The van der Waals surface area contributed by atoms with Crippen LogP contribution in [0.2, 0.25) is 0 Å². The molecule has 1 N–H and O–H groups in total. The van der Waals surface area contributed by atoms with Gasteiger partial charge in [-0.05, 0) is 58.7 Å². The highest BCUT2D eigenvalue weighted by Crippen LogP contribution is 2.32. The number of carbonyl (C=O) groups excluding carboxylic acids is 3. The molecule has 1 aromatic heterocycles. The van der Waals surface area contributed by atoms with E-state index in [9.17, 15) is 14.4 Å². The number of ether oxygens (including phenoxy) is 1. The summed E-state index contributed by atoms with van der Waals surface area (Å²) in [5, 5.41) is 2.73. The van der Waals surface area contributed by atoms with Crippen molar-refractivity contribution < 1.29 is 23.5 Å². The van der Waals surface area contributed by atoms with Crippen molar-refractivity contribution in [2.75, 3.05) is 11.9 Å². The van der Waals surface area contributed by atoms with Crippen LogP contribution in [0.4, 0.5) is 5.69 Å². The number of rotatable bonds is 4. The number of Topliss-reactive ketones (excluding diaryl/α,β-unsaturated/α-hetero) is 1. The number of halogens is 1. The summed E-state index contributed by atoms with van der Waals surface area (Å²) in [6.07, 6.45) is 0. The molecule has 2 heterocycles. The number of ketones is 1. The van der Waals surface area contributed by atoms with Gasteiger partial charge in [0.05, 0.1) is 5.92 Å². The summed E-state index contributed by atoms with van der Waals surface area (Å²) < 4.78 is 10.4. The van der Waals surface area contributed by atoms with E-state index >= 15 is 0 Å². The quantitative estimate of drug-likeness (QED) is 0.653. The van der Waals surface area contributed by atoms with Gasteiger partial charge in [0.15, 0.2) is 17.1 Å². The Hall–Kier alpha value is -2.41. The molecule has 0 fully saturated rings. The lowest BCUT2D eigenvalue weighted by Gasteiger charge is -2.06. The smallest absolute Gasteiger partial charge is 0.374 e. The minimum atomic E-state index is -0.713. The molecule has 118 valence electrons. The Morgan fingerprint density at radius 1 is 1.30 bits per heavy atom. The summed E-state index contributed by atoms with van der Waals surface area (Å²) in [6.45, 7) is 1.37. The minimum Gasteiger partial charge on any atom is -0.451 e. The molecule has 7 heteroatoms. The van der Waals surface area contributed by atoms with Crippen molar-refractivity contribution in [3.05, 3.63) is 51.9 Å². The molecule has 6 nitrogen and oxygen atoms in total. The van der Waals surface area contributed by atoms with Crippen LogP contribution in [-0.4, -0.2) is 24.3 Å². The van der Waals surface area contributed by atoms with Gasteiger partial charge in [-0.2, -0.15) is 0 Å². The Balaban J connectivity index is 1.67. The second-order valence-electron chi connectivity index (χ2n) is 5.12. The van der Waals surface area contributed by atoms with Crippen LogP contribution in [0.1, 0.15) is 39.3 Å². The SMILES string of the molecule is C[C@@H]1C(=O)Nc2ccc(C(=O)COC(=O)c3ccc(Br)o3)cc21. The summed E-state index contributed by atoms with van der Waals surface area (Å²) in [7, 11) is 0. The molecule has 0 spiro atoms. The van der Waals surface area contributed by atoms with E-state index in [0.717, 1.165) is 5.56 Å². The number of nitrogens with one attached hydrogen (secondary N) is 1. The molecule has 0 saturated carbocycles. The molecule has 3 rings (SSSR count). The van der Waals surface area contributed by atoms with Gasteiger partial charge in [0.1, 0.15) is 0 Å². The van der Waals surface area contributed by atoms with Gasteiger partial charge in [0, 0.05) is 11.3 Å².